The molecular weight excluding hydrogens is 498 g/mol. The van der Waals surface area contributed by atoms with Crippen molar-refractivity contribution in [1.82, 2.24) is 10.1 Å². The number of nitrogens with zero attached hydrogens (tertiary/aromatic N) is 3. The van der Waals surface area contributed by atoms with E-state index in [1.165, 1.54) is 0 Å². The maximum absolute atomic E-state index is 12.2. The van der Waals surface area contributed by atoms with Crippen molar-refractivity contribution in [3.05, 3.63) is 69.6 Å². The molecule has 13 nitrogen and oxygen atoms in total. The fraction of sp³-hybridized carbons (Fsp3) is 0.136. The second kappa shape index (κ2) is 11.6. The van der Waals surface area contributed by atoms with Gasteiger partial charge in [0.05, 0.1) is 30.4 Å². The average molecular weight is 518 g/mol. The van der Waals surface area contributed by atoms with Gasteiger partial charge in [-0.25, -0.2) is 4.79 Å². The van der Waals surface area contributed by atoms with E-state index in [1.807, 2.05) is 0 Å². The van der Waals surface area contributed by atoms with E-state index < -0.39 is 11.1 Å². The van der Waals surface area contributed by atoms with Gasteiger partial charge in [-0.3, -0.25) is 10.3 Å². The van der Waals surface area contributed by atoms with Gasteiger partial charge in [-0.1, -0.05) is 16.8 Å². The van der Waals surface area contributed by atoms with E-state index in [0.717, 1.165) is 5.39 Å². The number of ether oxygens (including phenoxy) is 3. The van der Waals surface area contributed by atoms with Crippen molar-refractivity contribution in [3.8, 4) is 23.0 Å². The van der Waals surface area contributed by atoms with Gasteiger partial charge in [0, 0.05) is 29.8 Å². The summed E-state index contributed by atoms with van der Waals surface area (Å²) in [6.45, 7) is 1.73. The van der Waals surface area contributed by atoms with Gasteiger partial charge in [0.2, 0.25) is 0 Å². The zero-order valence-electron chi connectivity index (χ0n) is 19.1. The van der Waals surface area contributed by atoms with Crippen molar-refractivity contribution in [2.24, 2.45) is 0 Å². The van der Waals surface area contributed by atoms with Gasteiger partial charge in [0.25, 0.3) is 5.09 Å². The van der Waals surface area contributed by atoms with Gasteiger partial charge in [0.15, 0.2) is 17.3 Å². The Hall–Kier alpha value is -4.78. The predicted molar refractivity (Wildman–Crippen MR) is 129 cm³/mol. The first kappa shape index (κ1) is 25.8. The third-order valence-electron chi connectivity index (χ3n) is 4.49. The van der Waals surface area contributed by atoms with Gasteiger partial charge in [-0.15, -0.1) is 10.1 Å². The lowest BCUT2D eigenvalue weighted by Gasteiger charge is -2.13. The molecular formula is C22H20ClN5O8. The molecule has 2 aromatic carbocycles. The molecule has 14 heteroatoms. The second-order valence-corrected chi connectivity index (χ2v) is 7.32. The molecule has 0 saturated carbocycles. The molecule has 0 aliphatic carbocycles. The SMILES string of the molecule is COc1cc2nccc(Oc3ccc(NC(=O)Nc4cc(C)on4)c(Cl)c3)c2cc1OC.O=[N+]([O-])O. The number of hydrogen-bond donors (Lipinski definition) is 3. The quantitative estimate of drug-likeness (QED) is 0.225. The minimum Gasteiger partial charge on any atom is -0.493 e. The zero-order valence-corrected chi connectivity index (χ0v) is 19.9. The molecule has 2 heterocycles. The number of nitrogens with one attached hydrogen (secondary N) is 2. The Labute approximate surface area is 208 Å². The molecule has 36 heavy (non-hydrogen) atoms. The Bertz CT molecular complexity index is 1390. The molecule has 0 fully saturated rings. The highest BCUT2D eigenvalue weighted by atomic mass is 35.5. The Balaban J connectivity index is 0.000000840. The molecule has 0 saturated heterocycles. The van der Waals surface area contributed by atoms with Gasteiger partial charge in [-0.05, 0) is 31.2 Å². The van der Waals surface area contributed by atoms with Crippen LogP contribution in [0.3, 0.4) is 0 Å². The average Bonchev–Trinajstić information content (AvgIpc) is 3.24. The van der Waals surface area contributed by atoms with Crippen molar-refractivity contribution in [1.29, 1.82) is 0 Å². The number of carbonyl (C=O) groups excluding carboxylic acids is 1. The molecule has 0 aliphatic heterocycles. The van der Waals surface area contributed by atoms with E-state index in [1.54, 1.807) is 69.8 Å². The lowest BCUT2D eigenvalue weighted by atomic mass is 10.2. The summed E-state index contributed by atoms with van der Waals surface area (Å²) in [5, 5.41) is 23.6. The van der Waals surface area contributed by atoms with Crippen LogP contribution in [0.5, 0.6) is 23.0 Å². The molecule has 0 bridgehead atoms. The van der Waals surface area contributed by atoms with Gasteiger partial charge < -0.3 is 29.3 Å². The number of carbonyl (C=O) groups is 1. The summed E-state index contributed by atoms with van der Waals surface area (Å²) < 4.78 is 21.7. The summed E-state index contributed by atoms with van der Waals surface area (Å²) in [5.74, 6) is 3.06. The molecule has 0 radical (unpaired) electrons. The predicted octanol–water partition coefficient (Wildman–Crippen LogP) is 5.29. The van der Waals surface area contributed by atoms with Crippen LogP contribution in [-0.2, 0) is 0 Å². The van der Waals surface area contributed by atoms with Crippen LogP contribution < -0.4 is 24.8 Å². The van der Waals surface area contributed by atoms with Crippen LogP contribution in [0.4, 0.5) is 16.3 Å². The highest BCUT2D eigenvalue weighted by Crippen LogP contribution is 2.37. The number of amides is 2. The van der Waals surface area contributed by atoms with Crippen LogP contribution >= 0.6 is 11.6 Å². The molecule has 3 N–H and O–H groups in total. The minimum absolute atomic E-state index is 0.298. The number of halogens is 1. The van der Waals surface area contributed by atoms with E-state index in [-0.39, 0.29) is 0 Å². The smallest absolute Gasteiger partial charge is 0.324 e. The number of aryl methyl sites for hydroxylation is 1. The first-order chi connectivity index (χ1) is 17.2. The number of pyridine rings is 1. The highest BCUT2D eigenvalue weighted by Gasteiger charge is 2.13. The Morgan fingerprint density at radius 1 is 1.08 bits per heavy atom. The van der Waals surface area contributed by atoms with Crippen molar-refractivity contribution in [2.45, 2.75) is 6.92 Å². The molecule has 0 atom stereocenters. The van der Waals surface area contributed by atoms with Crippen LogP contribution in [0, 0.1) is 17.0 Å². The summed E-state index contributed by atoms with van der Waals surface area (Å²) >= 11 is 6.35. The van der Waals surface area contributed by atoms with Crippen molar-refractivity contribution >= 4 is 40.0 Å². The third-order valence-corrected chi connectivity index (χ3v) is 4.81. The summed E-state index contributed by atoms with van der Waals surface area (Å²) in [7, 11) is 3.13. The van der Waals surface area contributed by atoms with Gasteiger partial charge in [0.1, 0.15) is 17.3 Å². The molecule has 0 aliphatic rings. The summed E-state index contributed by atoms with van der Waals surface area (Å²) in [5.41, 5.74) is 1.09. The lowest BCUT2D eigenvalue weighted by molar-refractivity contribution is -0.742. The second-order valence-electron chi connectivity index (χ2n) is 6.92. The first-order valence-corrected chi connectivity index (χ1v) is 10.4. The van der Waals surface area contributed by atoms with E-state index >= 15 is 0 Å². The molecule has 4 rings (SSSR count). The van der Waals surface area contributed by atoms with E-state index in [0.29, 0.717) is 50.8 Å². The van der Waals surface area contributed by atoms with Crippen molar-refractivity contribution in [2.75, 3.05) is 24.9 Å². The minimum atomic E-state index is -1.50. The Morgan fingerprint density at radius 2 is 1.78 bits per heavy atom. The summed E-state index contributed by atoms with van der Waals surface area (Å²) in [6, 6.07) is 11.3. The van der Waals surface area contributed by atoms with Gasteiger partial charge in [-0.2, -0.15) is 0 Å². The summed E-state index contributed by atoms with van der Waals surface area (Å²) in [4.78, 5) is 24.9. The number of aromatic nitrogens is 2. The Kier molecular flexibility index (Phi) is 8.30. The number of rotatable bonds is 6. The molecule has 0 unspecified atom stereocenters. The topological polar surface area (TPSA) is 171 Å². The number of methoxy groups -OCH3 is 2. The molecule has 2 amide bonds. The van der Waals surface area contributed by atoms with Crippen LogP contribution in [-0.4, -0.2) is 40.7 Å². The zero-order chi connectivity index (χ0) is 26.2. The maximum atomic E-state index is 12.2. The van der Waals surface area contributed by atoms with Crippen LogP contribution in [0.1, 0.15) is 5.76 Å². The van der Waals surface area contributed by atoms with E-state index in [4.69, 9.17) is 45.7 Å². The third kappa shape index (κ3) is 6.64. The van der Waals surface area contributed by atoms with E-state index in [2.05, 4.69) is 20.8 Å². The molecule has 4 aromatic rings. The van der Waals surface area contributed by atoms with Crippen molar-refractivity contribution in [3.63, 3.8) is 0 Å². The number of urea groups is 1. The largest absolute Gasteiger partial charge is 0.493 e. The summed E-state index contributed by atoms with van der Waals surface area (Å²) in [6.07, 6.45) is 1.64. The molecule has 0 spiro atoms. The first-order valence-electron chi connectivity index (χ1n) is 10.0. The lowest BCUT2D eigenvalue weighted by Crippen LogP contribution is -2.19. The fourth-order valence-corrected chi connectivity index (χ4v) is 3.24. The van der Waals surface area contributed by atoms with E-state index in [9.17, 15) is 4.79 Å². The number of benzene rings is 2. The van der Waals surface area contributed by atoms with Crippen LogP contribution in [0.15, 0.2) is 53.2 Å². The van der Waals surface area contributed by atoms with Crippen LogP contribution in [0.25, 0.3) is 10.9 Å². The normalized spacial score (nSPS) is 10.1. The monoisotopic (exact) mass is 517 g/mol. The maximum Gasteiger partial charge on any atom is 0.324 e. The van der Waals surface area contributed by atoms with Gasteiger partial charge >= 0.3 is 6.03 Å². The Morgan fingerprint density at radius 3 is 2.39 bits per heavy atom. The number of fused-ring (bicyclic) bond motifs is 1. The number of anilines is 2. The molecule has 188 valence electrons. The van der Waals surface area contributed by atoms with Crippen molar-refractivity contribution < 1.29 is 33.8 Å². The van der Waals surface area contributed by atoms with Crippen LogP contribution in [0.2, 0.25) is 5.02 Å². The molecule has 2 aromatic heterocycles. The fourth-order valence-electron chi connectivity index (χ4n) is 3.02. The standard InChI is InChI=1S/C22H19ClN4O5.HNO3/c1-12-8-21(27-32-12)26-22(28)25-16-5-4-13(9-15(16)23)31-18-6-7-24-17-11-20(30-3)19(29-2)10-14(17)18;2-1(3)4/h4-11H,1-3H3,(H2,25,26,27,28);(H,2,3,4). The number of hydrogen-bond acceptors (Lipinski definition) is 9. The highest BCUT2D eigenvalue weighted by molar-refractivity contribution is 6.34.